The van der Waals surface area contributed by atoms with E-state index in [4.69, 9.17) is 0 Å². The van der Waals surface area contributed by atoms with Gasteiger partial charge in [-0.3, -0.25) is 4.79 Å². The first-order valence-electron chi connectivity index (χ1n) is 15.0. The Balaban J connectivity index is 1.86. The van der Waals surface area contributed by atoms with Gasteiger partial charge in [-0.1, -0.05) is 48.2 Å². The first-order chi connectivity index (χ1) is 22.5. The van der Waals surface area contributed by atoms with Gasteiger partial charge in [-0.2, -0.15) is 0 Å². The molecule has 0 spiro atoms. The number of hydrogen-bond donors (Lipinski definition) is 2. The van der Waals surface area contributed by atoms with Gasteiger partial charge >= 0.3 is 5.97 Å². The van der Waals surface area contributed by atoms with Crippen LogP contribution in [0.25, 0.3) is 33.4 Å². The van der Waals surface area contributed by atoms with Gasteiger partial charge in [-0.05, 0) is 98.4 Å². The third-order valence-electron chi connectivity index (χ3n) is 8.02. The maximum absolute atomic E-state index is 13.2. The highest BCUT2D eigenvalue weighted by atomic mass is 32.2. The Hall–Kier alpha value is -4.78. The van der Waals surface area contributed by atoms with Gasteiger partial charge in [0, 0.05) is 85.8 Å². The van der Waals surface area contributed by atoms with Gasteiger partial charge in [-0.25, -0.2) is 4.79 Å². The molecular weight excluding hydrogens is 623 g/mol. The van der Waals surface area contributed by atoms with E-state index in [-0.39, 0.29) is 11.5 Å². The number of rotatable bonds is 10. The summed E-state index contributed by atoms with van der Waals surface area (Å²) in [4.78, 5) is 33.4. The predicted octanol–water partition coefficient (Wildman–Crippen LogP) is 8.25. The minimum atomic E-state index is -1.00. The smallest absolute Gasteiger partial charge is 0.336 e. The monoisotopic (exact) mass is 662 g/mol. The van der Waals surface area contributed by atoms with Gasteiger partial charge in [0.1, 0.15) is 0 Å². The molecule has 1 unspecified atom stereocenters. The molecule has 0 radical (unpaired) electrons. The van der Waals surface area contributed by atoms with Gasteiger partial charge < -0.3 is 24.9 Å². The molecule has 2 N–H and O–H groups in total. The molecule has 0 aliphatic rings. The number of anilines is 3. The van der Waals surface area contributed by atoms with Crippen LogP contribution >= 0.6 is 21.2 Å². The normalized spacial score (nSPS) is 10.8. The van der Waals surface area contributed by atoms with Crippen molar-refractivity contribution in [2.45, 2.75) is 9.79 Å². The summed E-state index contributed by atoms with van der Waals surface area (Å²) in [5.74, 6) is -1.19. The summed E-state index contributed by atoms with van der Waals surface area (Å²) in [6, 6.07) is 33.6. The highest BCUT2D eigenvalue weighted by molar-refractivity contribution is 7.99. The average Bonchev–Trinajstić information content (AvgIpc) is 3.08. The molecule has 0 aliphatic carbocycles. The quantitative estimate of drug-likeness (QED) is 0.146. The number of nitrogens with one attached hydrogen (secondary N) is 1. The van der Waals surface area contributed by atoms with E-state index >= 15 is 0 Å². The van der Waals surface area contributed by atoms with E-state index in [1.807, 2.05) is 118 Å². The van der Waals surface area contributed by atoms with Crippen molar-refractivity contribution in [3.8, 4) is 33.4 Å². The van der Waals surface area contributed by atoms with E-state index in [9.17, 15) is 14.7 Å². The highest BCUT2D eigenvalue weighted by Crippen LogP contribution is 2.49. The maximum atomic E-state index is 13.2. The van der Waals surface area contributed by atoms with Crippen molar-refractivity contribution >= 4 is 50.1 Å². The highest BCUT2D eigenvalue weighted by Gasteiger charge is 2.26. The van der Waals surface area contributed by atoms with E-state index in [1.54, 1.807) is 30.0 Å². The molecule has 0 bridgehead atoms. The molecule has 1 amide bonds. The van der Waals surface area contributed by atoms with Crippen molar-refractivity contribution in [3.63, 3.8) is 0 Å². The Bertz CT molecular complexity index is 1890. The first kappa shape index (κ1) is 33.6. The van der Waals surface area contributed by atoms with E-state index in [1.165, 1.54) is 0 Å². The topological polar surface area (TPSA) is 76.1 Å². The summed E-state index contributed by atoms with van der Waals surface area (Å²) >= 11 is 1.56. The van der Waals surface area contributed by atoms with Crippen LogP contribution < -0.4 is 19.8 Å². The Kier molecular flexibility index (Phi) is 10.2. The number of aromatic carboxylic acids is 1. The number of nitrogens with zero attached hydrogens (tertiary/aromatic N) is 3. The Morgan fingerprint density at radius 1 is 0.617 bits per heavy atom. The van der Waals surface area contributed by atoms with Gasteiger partial charge in [0.15, 0.2) is 0 Å². The fourth-order valence-corrected chi connectivity index (χ4v) is 6.68. The van der Waals surface area contributed by atoms with Crippen molar-refractivity contribution in [3.05, 3.63) is 114 Å². The second-order valence-corrected chi connectivity index (χ2v) is 13.2. The summed E-state index contributed by atoms with van der Waals surface area (Å²) in [5, 5.41) is 13.4. The number of benzene rings is 5. The molecule has 0 saturated carbocycles. The van der Waals surface area contributed by atoms with Gasteiger partial charge in [0.2, 0.25) is 0 Å². The SMILES string of the molecule is CN(C)c1ccc(-c2cc(C(=O)O)c(-c3ccc(N(C)C)cc3)c(-c3ccc(N(C)C)cc3)c2Sc2ccc(C(=O)NP)cc2)cc1. The van der Waals surface area contributed by atoms with Crippen LogP contribution in [-0.4, -0.2) is 59.3 Å². The Labute approximate surface area is 283 Å². The van der Waals surface area contributed by atoms with E-state index in [0.29, 0.717) is 11.1 Å². The fourth-order valence-electron chi connectivity index (χ4n) is 5.40. The molecule has 5 aromatic carbocycles. The lowest BCUT2D eigenvalue weighted by molar-refractivity contribution is 0.0697. The lowest BCUT2D eigenvalue weighted by Crippen LogP contribution is -2.11. The average molecular weight is 663 g/mol. The zero-order valence-corrected chi connectivity index (χ0v) is 29.4. The molecule has 5 aromatic rings. The predicted molar refractivity (Wildman–Crippen MR) is 200 cm³/mol. The second kappa shape index (κ2) is 14.3. The first-order valence-corrected chi connectivity index (χ1v) is 16.4. The Morgan fingerprint density at radius 3 is 1.45 bits per heavy atom. The van der Waals surface area contributed by atoms with Crippen LogP contribution in [-0.2, 0) is 0 Å². The van der Waals surface area contributed by atoms with Gasteiger partial charge in [-0.15, -0.1) is 0 Å². The van der Waals surface area contributed by atoms with Gasteiger partial charge in [0.05, 0.1) is 5.56 Å². The summed E-state index contributed by atoms with van der Waals surface area (Å²) in [7, 11) is 14.2. The molecule has 5 rings (SSSR count). The van der Waals surface area contributed by atoms with Crippen LogP contribution in [0.15, 0.2) is 113 Å². The minimum absolute atomic E-state index is 0.191. The van der Waals surface area contributed by atoms with Crippen LogP contribution in [0.5, 0.6) is 0 Å². The fraction of sp³-hybridized carbons (Fsp3) is 0.158. The van der Waals surface area contributed by atoms with Gasteiger partial charge in [0.25, 0.3) is 5.91 Å². The zero-order chi connectivity index (χ0) is 33.8. The zero-order valence-electron chi connectivity index (χ0n) is 27.4. The molecule has 0 aliphatic heterocycles. The molecule has 9 heteroatoms. The molecule has 7 nitrogen and oxygen atoms in total. The summed E-state index contributed by atoms with van der Waals surface area (Å²) in [5.41, 5.74) is 8.77. The molecule has 0 aromatic heterocycles. The third kappa shape index (κ3) is 7.30. The van der Waals surface area contributed by atoms with Crippen LogP contribution in [0.3, 0.4) is 0 Å². The van der Waals surface area contributed by atoms with Crippen LogP contribution in [0, 0.1) is 0 Å². The standard InChI is InChI=1S/C38H39N4O3PS/c1-40(2)28-15-7-24(8-16-28)32-23-33(38(44)45)34(25-9-17-29(18-10-25)41(3)4)35(26-11-19-30(20-12-26)42(5)6)36(32)47-31-21-13-27(14-22-31)37(43)39-46/h7-23H,46H2,1-6H3,(H,39,43)(H,44,45). The van der Waals surface area contributed by atoms with E-state index in [0.717, 1.165) is 54.7 Å². The molecular formula is C38H39N4O3PS. The lowest BCUT2D eigenvalue weighted by atomic mass is 9.86. The number of amides is 1. The summed E-state index contributed by atoms with van der Waals surface area (Å²) in [6.07, 6.45) is 0. The molecule has 1 atom stereocenters. The minimum Gasteiger partial charge on any atom is -0.478 e. The lowest BCUT2D eigenvalue weighted by Gasteiger charge is -2.23. The summed E-state index contributed by atoms with van der Waals surface area (Å²) in [6.45, 7) is 0. The number of hydrogen-bond acceptors (Lipinski definition) is 6. The molecule has 47 heavy (non-hydrogen) atoms. The molecule has 0 heterocycles. The van der Waals surface area contributed by atoms with Crippen molar-refractivity contribution in [2.24, 2.45) is 0 Å². The number of carbonyl (C=O) groups excluding carboxylic acids is 1. The van der Waals surface area contributed by atoms with Crippen LogP contribution in [0.2, 0.25) is 0 Å². The third-order valence-corrected chi connectivity index (χ3v) is 9.42. The van der Waals surface area contributed by atoms with Crippen LogP contribution in [0.1, 0.15) is 20.7 Å². The number of carboxylic acids is 1. The van der Waals surface area contributed by atoms with Crippen molar-refractivity contribution < 1.29 is 14.7 Å². The molecule has 240 valence electrons. The number of carbonyl (C=O) groups is 2. The maximum Gasteiger partial charge on any atom is 0.336 e. The number of carboxylic acid groups (broad SMARTS) is 1. The second-order valence-electron chi connectivity index (χ2n) is 11.8. The van der Waals surface area contributed by atoms with E-state index < -0.39 is 5.97 Å². The molecule has 0 fully saturated rings. The van der Waals surface area contributed by atoms with Crippen molar-refractivity contribution in [1.82, 2.24) is 5.09 Å². The Morgan fingerprint density at radius 2 is 1.04 bits per heavy atom. The largest absolute Gasteiger partial charge is 0.478 e. The molecule has 0 saturated heterocycles. The van der Waals surface area contributed by atoms with Crippen LogP contribution in [0.4, 0.5) is 17.1 Å². The van der Waals surface area contributed by atoms with Crippen molar-refractivity contribution in [2.75, 3.05) is 57.0 Å². The summed E-state index contributed by atoms with van der Waals surface area (Å²) < 4.78 is 0. The van der Waals surface area contributed by atoms with E-state index in [2.05, 4.69) is 38.7 Å². The van der Waals surface area contributed by atoms with Crippen molar-refractivity contribution in [1.29, 1.82) is 0 Å².